The van der Waals surface area contributed by atoms with E-state index in [2.05, 4.69) is 31.0 Å². The fourth-order valence-corrected chi connectivity index (χ4v) is 1.61. The predicted octanol–water partition coefficient (Wildman–Crippen LogP) is 2.65. The molecule has 0 saturated heterocycles. The lowest BCUT2D eigenvalue weighted by atomic mass is 10.1. The largest absolute Gasteiger partial charge is 0.311 e. The Bertz CT molecular complexity index is 152. The van der Waals surface area contributed by atoms with E-state index in [1.807, 2.05) is 6.08 Å². The van der Waals surface area contributed by atoms with Crippen molar-refractivity contribution >= 4 is 0 Å². The average molecular weight is 165 g/mol. The summed E-state index contributed by atoms with van der Waals surface area (Å²) in [4.78, 5) is 0. The zero-order valence-electron chi connectivity index (χ0n) is 7.92. The van der Waals surface area contributed by atoms with Crippen molar-refractivity contribution in [3.05, 3.63) is 24.8 Å². The summed E-state index contributed by atoms with van der Waals surface area (Å²) >= 11 is 0. The van der Waals surface area contributed by atoms with Crippen LogP contribution in [0, 0.1) is 0 Å². The highest BCUT2D eigenvalue weighted by molar-refractivity contribution is 4.98. The van der Waals surface area contributed by atoms with Gasteiger partial charge in [0.05, 0.1) is 0 Å². The second-order valence-electron chi connectivity index (χ2n) is 3.57. The summed E-state index contributed by atoms with van der Waals surface area (Å²) in [6.07, 6.45) is 11.3. The second kappa shape index (κ2) is 5.15. The molecule has 1 N–H and O–H groups in total. The van der Waals surface area contributed by atoms with Crippen molar-refractivity contribution in [2.75, 3.05) is 0 Å². The molecule has 0 bridgehead atoms. The van der Waals surface area contributed by atoms with Crippen LogP contribution < -0.4 is 5.32 Å². The molecular weight excluding hydrogens is 146 g/mol. The molecule has 0 radical (unpaired) electrons. The van der Waals surface area contributed by atoms with Gasteiger partial charge in [-0.15, -0.1) is 6.58 Å². The van der Waals surface area contributed by atoms with Crippen molar-refractivity contribution in [2.24, 2.45) is 0 Å². The van der Waals surface area contributed by atoms with E-state index in [-0.39, 0.29) is 0 Å². The summed E-state index contributed by atoms with van der Waals surface area (Å²) in [5.41, 5.74) is 0. The molecule has 0 spiro atoms. The third kappa shape index (κ3) is 3.22. The maximum atomic E-state index is 3.72. The first-order valence-electron chi connectivity index (χ1n) is 4.85. The fourth-order valence-electron chi connectivity index (χ4n) is 1.61. The monoisotopic (exact) mass is 165 g/mol. The smallest absolute Gasteiger partial charge is 0.0138 e. The summed E-state index contributed by atoms with van der Waals surface area (Å²) in [6.45, 7) is 5.98. The van der Waals surface area contributed by atoms with Crippen LogP contribution in [0.15, 0.2) is 24.8 Å². The molecule has 12 heavy (non-hydrogen) atoms. The molecule has 0 aliphatic heterocycles. The average Bonchev–Trinajstić information content (AvgIpc) is 2.53. The topological polar surface area (TPSA) is 12.0 Å². The molecule has 1 rings (SSSR count). The van der Waals surface area contributed by atoms with Crippen LogP contribution in [-0.4, -0.2) is 12.1 Å². The predicted molar refractivity (Wildman–Crippen MR) is 54.2 cm³/mol. The number of hydrogen-bond acceptors (Lipinski definition) is 1. The quantitative estimate of drug-likeness (QED) is 0.617. The molecule has 1 heteroatoms. The molecule has 0 heterocycles. The van der Waals surface area contributed by atoms with E-state index in [1.54, 1.807) is 0 Å². The molecule has 1 aliphatic carbocycles. The van der Waals surface area contributed by atoms with Crippen LogP contribution in [0.4, 0.5) is 0 Å². The van der Waals surface area contributed by atoms with Gasteiger partial charge in [-0.2, -0.15) is 0 Å². The Morgan fingerprint density at radius 2 is 2.25 bits per heavy atom. The number of nitrogens with one attached hydrogen (secondary N) is 1. The standard InChI is InChI=1S/C11H19N/c1-3-4-7-10(2)12-11-8-5-6-9-11/h3,5-6,10-12H,1,4,7-9H2,2H3. The Labute approximate surface area is 75.6 Å². The molecule has 0 fully saturated rings. The lowest BCUT2D eigenvalue weighted by Gasteiger charge is -2.18. The Morgan fingerprint density at radius 1 is 1.58 bits per heavy atom. The summed E-state index contributed by atoms with van der Waals surface area (Å²) in [7, 11) is 0. The highest BCUT2D eigenvalue weighted by Crippen LogP contribution is 2.11. The second-order valence-corrected chi connectivity index (χ2v) is 3.57. The van der Waals surface area contributed by atoms with Gasteiger partial charge in [-0.3, -0.25) is 0 Å². The van der Waals surface area contributed by atoms with Gasteiger partial charge in [-0.1, -0.05) is 18.2 Å². The van der Waals surface area contributed by atoms with E-state index in [0.29, 0.717) is 12.1 Å². The SMILES string of the molecule is C=CCCC(C)NC1CC=CC1. The van der Waals surface area contributed by atoms with Crippen LogP contribution in [0.2, 0.25) is 0 Å². The van der Waals surface area contributed by atoms with Crippen molar-refractivity contribution in [1.82, 2.24) is 5.32 Å². The van der Waals surface area contributed by atoms with Crippen LogP contribution >= 0.6 is 0 Å². The molecule has 1 atom stereocenters. The number of allylic oxidation sites excluding steroid dienone is 1. The van der Waals surface area contributed by atoms with E-state index < -0.39 is 0 Å². The fraction of sp³-hybridized carbons (Fsp3) is 0.636. The van der Waals surface area contributed by atoms with Gasteiger partial charge in [0.1, 0.15) is 0 Å². The lowest BCUT2D eigenvalue weighted by molar-refractivity contribution is 0.441. The van der Waals surface area contributed by atoms with E-state index in [1.165, 1.54) is 19.3 Å². The minimum atomic E-state index is 0.632. The van der Waals surface area contributed by atoms with Crippen LogP contribution in [0.3, 0.4) is 0 Å². The minimum absolute atomic E-state index is 0.632. The van der Waals surface area contributed by atoms with Gasteiger partial charge < -0.3 is 5.32 Å². The van der Waals surface area contributed by atoms with Crippen LogP contribution in [0.1, 0.15) is 32.6 Å². The molecule has 68 valence electrons. The Kier molecular flexibility index (Phi) is 4.09. The van der Waals surface area contributed by atoms with Gasteiger partial charge in [0, 0.05) is 12.1 Å². The summed E-state index contributed by atoms with van der Waals surface area (Å²) in [6, 6.07) is 1.33. The molecule has 0 aromatic rings. The highest BCUT2D eigenvalue weighted by atomic mass is 14.9. The van der Waals surface area contributed by atoms with E-state index in [9.17, 15) is 0 Å². The van der Waals surface area contributed by atoms with E-state index >= 15 is 0 Å². The van der Waals surface area contributed by atoms with Crippen LogP contribution in [-0.2, 0) is 0 Å². The van der Waals surface area contributed by atoms with Crippen molar-refractivity contribution in [3.63, 3.8) is 0 Å². The van der Waals surface area contributed by atoms with Crippen molar-refractivity contribution in [3.8, 4) is 0 Å². The van der Waals surface area contributed by atoms with Crippen LogP contribution in [0.5, 0.6) is 0 Å². The number of hydrogen-bond donors (Lipinski definition) is 1. The first kappa shape index (κ1) is 9.53. The molecule has 1 unspecified atom stereocenters. The lowest BCUT2D eigenvalue weighted by Crippen LogP contribution is -2.34. The van der Waals surface area contributed by atoms with Gasteiger partial charge in [0.15, 0.2) is 0 Å². The number of rotatable bonds is 5. The Morgan fingerprint density at radius 3 is 2.83 bits per heavy atom. The zero-order chi connectivity index (χ0) is 8.81. The molecule has 0 aromatic heterocycles. The van der Waals surface area contributed by atoms with Crippen molar-refractivity contribution < 1.29 is 0 Å². The Hall–Kier alpha value is -0.560. The zero-order valence-corrected chi connectivity index (χ0v) is 7.92. The maximum Gasteiger partial charge on any atom is 0.0138 e. The molecule has 1 aliphatic rings. The summed E-state index contributed by atoms with van der Waals surface area (Å²) < 4.78 is 0. The molecular formula is C11H19N. The molecule has 0 aromatic carbocycles. The third-order valence-electron chi connectivity index (χ3n) is 2.33. The minimum Gasteiger partial charge on any atom is -0.311 e. The first-order valence-corrected chi connectivity index (χ1v) is 4.85. The van der Waals surface area contributed by atoms with Crippen molar-refractivity contribution in [2.45, 2.75) is 44.7 Å². The highest BCUT2D eigenvalue weighted by Gasteiger charge is 2.11. The van der Waals surface area contributed by atoms with Gasteiger partial charge in [-0.05, 0) is 32.6 Å². The van der Waals surface area contributed by atoms with Crippen molar-refractivity contribution in [1.29, 1.82) is 0 Å². The summed E-state index contributed by atoms with van der Waals surface area (Å²) in [5.74, 6) is 0. The van der Waals surface area contributed by atoms with Gasteiger partial charge in [0.2, 0.25) is 0 Å². The van der Waals surface area contributed by atoms with Crippen LogP contribution in [0.25, 0.3) is 0 Å². The first-order chi connectivity index (χ1) is 5.83. The third-order valence-corrected chi connectivity index (χ3v) is 2.33. The molecule has 0 saturated carbocycles. The maximum absolute atomic E-state index is 3.72. The normalized spacial score (nSPS) is 19.8. The molecule has 0 amide bonds. The summed E-state index contributed by atoms with van der Waals surface area (Å²) in [5, 5.41) is 3.60. The van der Waals surface area contributed by atoms with E-state index in [0.717, 1.165) is 6.42 Å². The molecule has 1 nitrogen and oxygen atoms in total. The van der Waals surface area contributed by atoms with Gasteiger partial charge in [0.25, 0.3) is 0 Å². The Balaban J connectivity index is 2.08. The van der Waals surface area contributed by atoms with Gasteiger partial charge >= 0.3 is 0 Å². The van der Waals surface area contributed by atoms with E-state index in [4.69, 9.17) is 0 Å². The van der Waals surface area contributed by atoms with Gasteiger partial charge in [-0.25, -0.2) is 0 Å².